The van der Waals surface area contributed by atoms with E-state index in [0.29, 0.717) is 23.7 Å². The van der Waals surface area contributed by atoms with Crippen molar-refractivity contribution in [1.29, 1.82) is 0 Å². The van der Waals surface area contributed by atoms with Crippen LogP contribution in [0.3, 0.4) is 0 Å². The molecule has 0 N–H and O–H groups in total. The fourth-order valence-electron chi connectivity index (χ4n) is 2.47. The van der Waals surface area contributed by atoms with E-state index in [1.807, 2.05) is 12.1 Å². The Morgan fingerprint density at radius 2 is 1.94 bits per heavy atom. The molecule has 1 heterocycles. The molecule has 0 aliphatic carbocycles. The average molecular weight is 257 g/mol. The van der Waals surface area contributed by atoms with Crippen molar-refractivity contribution in [3.63, 3.8) is 0 Å². The van der Waals surface area contributed by atoms with Crippen molar-refractivity contribution in [2.45, 2.75) is 38.7 Å². The fourth-order valence-corrected chi connectivity index (χ4v) is 2.77. The van der Waals surface area contributed by atoms with Gasteiger partial charge in [-0.1, -0.05) is 12.1 Å². The molecule has 3 atom stereocenters. The van der Waals surface area contributed by atoms with Gasteiger partial charge in [0.15, 0.2) is 0 Å². The van der Waals surface area contributed by atoms with E-state index < -0.39 is 0 Å². The van der Waals surface area contributed by atoms with Crippen molar-refractivity contribution >= 4 is 11.6 Å². The molecule has 17 heavy (non-hydrogen) atoms. The van der Waals surface area contributed by atoms with Gasteiger partial charge in [0.1, 0.15) is 5.82 Å². The summed E-state index contributed by atoms with van der Waals surface area (Å²) in [5, 5.41) is -0.0852. The van der Waals surface area contributed by atoms with E-state index in [2.05, 4.69) is 6.92 Å². The third-order valence-electron chi connectivity index (χ3n) is 3.42. The minimum atomic E-state index is -0.131. The highest BCUT2D eigenvalue weighted by molar-refractivity contribution is 6.21. The third-order valence-corrected chi connectivity index (χ3v) is 4.03. The summed E-state index contributed by atoms with van der Waals surface area (Å²) in [6, 6.07) is 3.70. The summed E-state index contributed by atoms with van der Waals surface area (Å²) < 4.78 is 19.1. The molecule has 94 valence electrons. The summed E-state index contributed by atoms with van der Waals surface area (Å²) in [6.45, 7) is 6.32. The number of hydrogen-bond donors (Lipinski definition) is 0. The fraction of sp³-hybridized carbons (Fsp3) is 0.571. The molecule has 2 rings (SSSR count). The maximum absolute atomic E-state index is 13.5. The van der Waals surface area contributed by atoms with Crippen molar-refractivity contribution < 1.29 is 9.13 Å². The van der Waals surface area contributed by atoms with Crippen LogP contribution in [0, 0.1) is 25.6 Å². The van der Waals surface area contributed by atoms with Gasteiger partial charge in [0, 0.05) is 5.92 Å². The zero-order valence-corrected chi connectivity index (χ0v) is 11.2. The van der Waals surface area contributed by atoms with E-state index in [1.54, 1.807) is 13.8 Å². The predicted molar refractivity (Wildman–Crippen MR) is 68.0 cm³/mol. The molecule has 0 amide bonds. The van der Waals surface area contributed by atoms with E-state index in [9.17, 15) is 4.39 Å². The van der Waals surface area contributed by atoms with Crippen LogP contribution in [0.1, 0.15) is 35.4 Å². The summed E-state index contributed by atoms with van der Waals surface area (Å²) in [6.07, 6.45) is 1.26. The lowest BCUT2D eigenvalue weighted by Crippen LogP contribution is -2.09. The van der Waals surface area contributed by atoms with Gasteiger partial charge in [0.25, 0.3) is 0 Å². The lowest BCUT2D eigenvalue weighted by molar-refractivity contribution is 0.120. The standard InChI is InChI=1S/C14H18ClFO/c1-8-4-11(5-9(2)14(8)16)13(15)12-6-10(3)17-7-12/h4-5,10,12-13H,6-7H2,1-3H3. The van der Waals surface area contributed by atoms with Gasteiger partial charge in [0.2, 0.25) is 0 Å². The molecule has 1 aliphatic heterocycles. The van der Waals surface area contributed by atoms with E-state index in [0.717, 1.165) is 12.0 Å². The van der Waals surface area contributed by atoms with Crippen LogP contribution in [0.2, 0.25) is 0 Å². The quantitative estimate of drug-likeness (QED) is 0.723. The van der Waals surface area contributed by atoms with Gasteiger partial charge < -0.3 is 4.74 Å². The Hall–Kier alpha value is -0.600. The Bertz CT molecular complexity index is 396. The van der Waals surface area contributed by atoms with Crippen LogP contribution in [-0.2, 0) is 4.74 Å². The van der Waals surface area contributed by atoms with E-state index >= 15 is 0 Å². The van der Waals surface area contributed by atoms with E-state index in [-0.39, 0.29) is 17.3 Å². The number of halogens is 2. The summed E-state index contributed by atoms with van der Waals surface area (Å²) >= 11 is 6.47. The van der Waals surface area contributed by atoms with Crippen molar-refractivity contribution in [3.8, 4) is 0 Å². The molecule has 3 unspecified atom stereocenters. The number of aryl methyl sites for hydroxylation is 2. The zero-order valence-electron chi connectivity index (χ0n) is 10.5. The predicted octanol–water partition coefficient (Wildman–Crippen LogP) is 4.15. The highest BCUT2D eigenvalue weighted by Gasteiger charge is 2.29. The van der Waals surface area contributed by atoms with E-state index in [1.165, 1.54) is 0 Å². The molecule has 1 aromatic rings. The molecule has 3 heteroatoms. The summed E-state index contributed by atoms with van der Waals surface area (Å²) in [4.78, 5) is 0. The monoisotopic (exact) mass is 256 g/mol. The van der Waals surface area contributed by atoms with Crippen LogP contribution in [0.15, 0.2) is 12.1 Å². The lowest BCUT2D eigenvalue weighted by atomic mass is 9.94. The normalized spacial score (nSPS) is 26.2. The van der Waals surface area contributed by atoms with Crippen LogP contribution in [0.5, 0.6) is 0 Å². The van der Waals surface area contributed by atoms with Crippen LogP contribution in [-0.4, -0.2) is 12.7 Å². The van der Waals surface area contributed by atoms with Gasteiger partial charge in [-0.3, -0.25) is 0 Å². The topological polar surface area (TPSA) is 9.23 Å². The van der Waals surface area contributed by atoms with Crippen LogP contribution in [0.4, 0.5) is 4.39 Å². The van der Waals surface area contributed by atoms with Crippen molar-refractivity contribution in [1.82, 2.24) is 0 Å². The molecule has 0 saturated carbocycles. The van der Waals surface area contributed by atoms with Crippen molar-refractivity contribution in [2.24, 2.45) is 5.92 Å². The number of benzene rings is 1. The largest absolute Gasteiger partial charge is 0.378 e. The van der Waals surface area contributed by atoms with Gasteiger partial charge in [-0.2, -0.15) is 0 Å². The molecular weight excluding hydrogens is 239 g/mol. The summed E-state index contributed by atoms with van der Waals surface area (Å²) in [5.74, 6) is 0.199. The van der Waals surface area contributed by atoms with E-state index in [4.69, 9.17) is 16.3 Å². The second-order valence-electron chi connectivity index (χ2n) is 5.01. The molecule has 0 bridgehead atoms. The zero-order chi connectivity index (χ0) is 12.6. The third kappa shape index (κ3) is 2.63. The number of ether oxygens (including phenoxy) is 1. The van der Waals surface area contributed by atoms with Gasteiger partial charge in [-0.15, -0.1) is 11.6 Å². The van der Waals surface area contributed by atoms with Gasteiger partial charge in [-0.25, -0.2) is 4.39 Å². The van der Waals surface area contributed by atoms with Crippen LogP contribution in [0.25, 0.3) is 0 Å². The Labute approximate surface area is 107 Å². The Kier molecular flexibility index (Phi) is 3.74. The van der Waals surface area contributed by atoms with Gasteiger partial charge >= 0.3 is 0 Å². The first kappa shape index (κ1) is 12.8. The first-order valence-corrected chi connectivity index (χ1v) is 6.45. The molecule has 0 aromatic heterocycles. The lowest BCUT2D eigenvalue weighted by Gasteiger charge is -2.17. The first-order valence-electron chi connectivity index (χ1n) is 6.01. The highest BCUT2D eigenvalue weighted by atomic mass is 35.5. The maximum Gasteiger partial charge on any atom is 0.129 e. The minimum Gasteiger partial charge on any atom is -0.378 e. The maximum atomic E-state index is 13.5. The molecule has 0 radical (unpaired) electrons. The Balaban J connectivity index is 2.22. The SMILES string of the molecule is Cc1cc(C(Cl)C2COC(C)C2)cc(C)c1F. The Morgan fingerprint density at radius 1 is 1.35 bits per heavy atom. The molecular formula is C14H18ClFO. The highest BCUT2D eigenvalue weighted by Crippen LogP contribution is 2.37. The smallest absolute Gasteiger partial charge is 0.129 e. The number of rotatable bonds is 2. The molecule has 1 aromatic carbocycles. The van der Waals surface area contributed by atoms with Crippen molar-refractivity contribution in [3.05, 3.63) is 34.6 Å². The summed E-state index contributed by atoms with van der Waals surface area (Å²) in [7, 11) is 0. The molecule has 1 nitrogen and oxygen atoms in total. The van der Waals surface area contributed by atoms with Crippen molar-refractivity contribution in [2.75, 3.05) is 6.61 Å². The van der Waals surface area contributed by atoms with Gasteiger partial charge in [-0.05, 0) is 43.9 Å². The second-order valence-corrected chi connectivity index (χ2v) is 5.48. The molecule has 0 spiro atoms. The number of hydrogen-bond acceptors (Lipinski definition) is 1. The van der Waals surface area contributed by atoms with Crippen LogP contribution >= 0.6 is 11.6 Å². The van der Waals surface area contributed by atoms with Crippen LogP contribution < -0.4 is 0 Å². The second kappa shape index (κ2) is 4.95. The molecule has 1 aliphatic rings. The average Bonchev–Trinajstić information content (AvgIpc) is 2.71. The Morgan fingerprint density at radius 3 is 2.41 bits per heavy atom. The minimum absolute atomic E-state index is 0.0852. The van der Waals surface area contributed by atoms with Gasteiger partial charge in [0.05, 0.1) is 18.1 Å². The molecule has 1 fully saturated rings. The molecule has 1 saturated heterocycles. The summed E-state index contributed by atoms with van der Waals surface area (Å²) in [5.41, 5.74) is 2.33. The number of alkyl halides is 1. The first-order chi connectivity index (χ1) is 7.99.